The van der Waals surface area contributed by atoms with Crippen LogP contribution in [0.5, 0.6) is 5.75 Å². The summed E-state index contributed by atoms with van der Waals surface area (Å²) in [5.41, 5.74) is 11.1. The smallest absolute Gasteiger partial charge is 0.143 e. The van der Waals surface area contributed by atoms with E-state index in [1.54, 1.807) is 17.6 Å². The van der Waals surface area contributed by atoms with E-state index in [1.165, 1.54) is 16.3 Å². The number of hydrogen-bond donors (Lipinski definition) is 1. The highest BCUT2D eigenvalue weighted by atomic mass is 32.1. The van der Waals surface area contributed by atoms with E-state index in [9.17, 15) is 5.11 Å². The molecule has 0 aliphatic carbocycles. The summed E-state index contributed by atoms with van der Waals surface area (Å²) in [6, 6.07) is 46.6. The number of furan rings is 1. The summed E-state index contributed by atoms with van der Waals surface area (Å²) < 4.78 is 7.67. The van der Waals surface area contributed by atoms with Crippen molar-refractivity contribution in [3.8, 4) is 38.6 Å². The summed E-state index contributed by atoms with van der Waals surface area (Å²) in [6.07, 6.45) is 1.80. The number of thiazole rings is 1. The van der Waals surface area contributed by atoms with E-state index in [0.717, 1.165) is 76.2 Å². The van der Waals surface area contributed by atoms with Crippen molar-refractivity contribution in [1.82, 2.24) is 4.98 Å². The Morgan fingerprint density at radius 2 is 1.31 bits per heavy atom. The molecule has 0 radical (unpaired) electrons. The third kappa shape index (κ3) is 6.19. The molecule has 9 aromatic rings. The van der Waals surface area contributed by atoms with Crippen LogP contribution in [0.25, 0.3) is 75.8 Å². The Bertz CT molecular complexity index is 2960. The molecule has 0 unspecified atom stereocenters. The number of hydrogen-bond acceptors (Lipinski definition) is 5. The van der Waals surface area contributed by atoms with E-state index in [0.29, 0.717) is 5.56 Å². The summed E-state index contributed by atoms with van der Waals surface area (Å²) in [5.74, 6) is 0.270. The monoisotopic (exact) mass is 734 g/mol. The van der Waals surface area contributed by atoms with Crippen LogP contribution in [0.2, 0.25) is 0 Å². The minimum absolute atomic E-state index is 0.0928. The van der Waals surface area contributed by atoms with Crippen molar-refractivity contribution in [3.63, 3.8) is 0 Å². The Morgan fingerprint density at radius 1 is 0.636 bits per heavy atom. The molecule has 2 aromatic heterocycles. The third-order valence-corrected chi connectivity index (χ3v) is 11.6. The van der Waals surface area contributed by atoms with E-state index in [1.807, 2.05) is 30.3 Å². The number of phenolic OH excluding ortho intramolecular Hbond substituents is 1. The average Bonchev–Trinajstić information content (AvgIpc) is 3.78. The predicted octanol–water partition coefficient (Wildman–Crippen LogP) is 14.4. The Labute approximate surface area is 325 Å². The molecule has 0 spiro atoms. The van der Waals surface area contributed by atoms with Crippen molar-refractivity contribution >= 4 is 66.2 Å². The first kappa shape index (κ1) is 34.7. The molecule has 55 heavy (non-hydrogen) atoms. The number of phenols is 1. The second-order valence-electron chi connectivity index (χ2n) is 16.4. The van der Waals surface area contributed by atoms with Gasteiger partial charge in [0.15, 0.2) is 0 Å². The largest absolute Gasteiger partial charge is 0.507 e. The van der Waals surface area contributed by atoms with Gasteiger partial charge in [0.25, 0.3) is 0 Å². The molecule has 9 rings (SSSR count). The van der Waals surface area contributed by atoms with Crippen LogP contribution in [0.1, 0.15) is 58.2 Å². The van der Waals surface area contributed by atoms with Crippen molar-refractivity contribution < 1.29 is 9.52 Å². The lowest BCUT2D eigenvalue weighted by atomic mass is 9.79. The van der Waals surface area contributed by atoms with Gasteiger partial charge in [-0.15, -0.1) is 11.3 Å². The predicted molar refractivity (Wildman–Crippen MR) is 233 cm³/mol. The fraction of sp³-hybridized carbons (Fsp3) is 0.160. The van der Waals surface area contributed by atoms with Crippen molar-refractivity contribution in [2.45, 2.75) is 52.4 Å². The lowest BCUT2D eigenvalue weighted by Gasteiger charge is -2.27. The molecule has 1 N–H and O–H groups in total. The summed E-state index contributed by atoms with van der Waals surface area (Å²) in [5, 5.41) is 17.0. The van der Waals surface area contributed by atoms with Crippen LogP contribution in [-0.4, -0.2) is 16.3 Å². The molecule has 0 saturated heterocycles. The first-order chi connectivity index (χ1) is 26.4. The second kappa shape index (κ2) is 13.1. The van der Waals surface area contributed by atoms with Crippen molar-refractivity contribution in [2.75, 3.05) is 0 Å². The van der Waals surface area contributed by atoms with Gasteiger partial charge in [0.05, 0.1) is 15.9 Å². The second-order valence-corrected chi connectivity index (χ2v) is 17.5. The minimum atomic E-state index is -0.234. The summed E-state index contributed by atoms with van der Waals surface area (Å²) >= 11 is 1.67. The number of nitrogens with zero attached hydrogens (tertiary/aromatic N) is 2. The standard InChI is InChI=1S/C50H42N2O2S/c1-49(2,3)33-25-32(46(53)41(28-33)50(4,5)6)29-51-42-23-11-9-19-39(42)48-52-45-40(38-22-14-21-37-36-18-10-12-24-43(36)54-47(37)38)26-31(27-44(45)55-48)35-20-13-16-30-15-7-8-17-34(30)35/h7-29,53H,1-6H3. The molecule has 0 aliphatic rings. The zero-order valence-electron chi connectivity index (χ0n) is 31.9. The zero-order chi connectivity index (χ0) is 38.1. The molecule has 0 amide bonds. The number of aliphatic imine (C=N–C) groups is 1. The lowest BCUT2D eigenvalue weighted by molar-refractivity contribution is 0.444. The van der Waals surface area contributed by atoms with Crippen LogP contribution < -0.4 is 0 Å². The van der Waals surface area contributed by atoms with E-state index >= 15 is 0 Å². The number of aromatic nitrogens is 1. The summed E-state index contributed by atoms with van der Waals surface area (Å²) in [7, 11) is 0. The molecular weight excluding hydrogens is 693 g/mol. The van der Waals surface area contributed by atoms with Crippen LogP contribution in [0.3, 0.4) is 0 Å². The topological polar surface area (TPSA) is 58.6 Å². The maximum absolute atomic E-state index is 11.5. The van der Waals surface area contributed by atoms with E-state index < -0.39 is 0 Å². The normalized spacial score (nSPS) is 12.5. The Kier molecular flexibility index (Phi) is 8.25. The molecule has 5 heteroatoms. The van der Waals surface area contributed by atoms with Gasteiger partial charge in [-0.2, -0.15) is 0 Å². The van der Waals surface area contributed by atoms with Gasteiger partial charge in [-0.3, -0.25) is 4.99 Å². The van der Waals surface area contributed by atoms with Gasteiger partial charge in [-0.1, -0.05) is 139 Å². The maximum atomic E-state index is 11.5. The van der Waals surface area contributed by atoms with Gasteiger partial charge >= 0.3 is 0 Å². The molecule has 7 aromatic carbocycles. The Balaban J connectivity index is 1.24. The number of para-hydroxylation sites is 3. The van der Waals surface area contributed by atoms with Crippen LogP contribution in [-0.2, 0) is 10.8 Å². The molecule has 0 aliphatic heterocycles. The lowest BCUT2D eigenvalue weighted by Crippen LogP contribution is -2.17. The van der Waals surface area contributed by atoms with Gasteiger partial charge < -0.3 is 9.52 Å². The van der Waals surface area contributed by atoms with E-state index in [2.05, 4.69) is 145 Å². The Hall–Kier alpha value is -6.04. The van der Waals surface area contributed by atoms with Crippen molar-refractivity contribution in [2.24, 2.45) is 4.99 Å². The number of rotatable bonds is 5. The Morgan fingerprint density at radius 3 is 2.13 bits per heavy atom. The van der Waals surface area contributed by atoms with Crippen LogP contribution in [0.15, 0.2) is 143 Å². The average molecular weight is 735 g/mol. The molecule has 4 nitrogen and oxygen atoms in total. The molecule has 0 bridgehead atoms. The van der Waals surface area contributed by atoms with E-state index in [4.69, 9.17) is 14.4 Å². The zero-order valence-corrected chi connectivity index (χ0v) is 32.8. The quantitative estimate of drug-likeness (QED) is 0.179. The van der Waals surface area contributed by atoms with Gasteiger partial charge in [0.2, 0.25) is 0 Å². The van der Waals surface area contributed by atoms with Gasteiger partial charge in [0, 0.05) is 44.8 Å². The minimum Gasteiger partial charge on any atom is -0.507 e. The highest BCUT2D eigenvalue weighted by Crippen LogP contribution is 2.45. The molecule has 270 valence electrons. The molecule has 0 atom stereocenters. The van der Waals surface area contributed by atoms with Crippen LogP contribution in [0.4, 0.5) is 5.69 Å². The van der Waals surface area contributed by atoms with Crippen LogP contribution in [0, 0.1) is 0 Å². The fourth-order valence-corrected chi connectivity index (χ4v) is 8.67. The highest BCUT2D eigenvalue weighted by molar-refractivity contribution is 7.21. The van der Waals surface area contributed by atoms with Gasteiger partial charge in [-0.05, 0) is 74.7 Å². The van der Waals surface area contributed by atoms with Crippen molar-refractivity contribution in [3.05, 3.63) is 150 Å². The van der Waals surface area contributed by atoms with Gasteiger partial charge in [0.1, 0.15) is 21.9 Å². The number of aromatic hydroxyl groups is 1. The van der Waals surface area contributed by atoms with Gasteiger partial charge in [-0.25, -0.2) is 4.98 Å². The number of benzene rings is 7. The number of fused-ring (bicyclic) bond motifs is 5. The molecule has 2 heterocycles. The third-order valence-electron chi connectivity index (χ3n) is 10.6. The highest BCUT2D eigenvalue weighted by Gasteiger charge is 2.25. The van der Waals surface area contributed by atoms with E-state index in [-0.39, 0.29) is 16.6 Å². The SMILES string of the molecule is CC(C)(C)c1cc(C=Nc2ccccc2-c2nc3c(-c4cccc5c4oc4ccccc45)cc(-c4cccc5ccccc45)cc3s2)c(O)c(C(C)(C)C)c1. The fourth-order valence-electron chi connectivity index (χ4n) is 7.61. The van der Waals surface area contributed by atoms with Crippen LogP contribution >= 0.6 is 11.3 Å². The first-order valence-electron chi connectivity index (χ1n) is 18.8. The maximum Gasteiger partial charge on any atom is 0.143 e. The first-order valence-corrected chi connectivity index (χ1v) is 19.6. The summed E-state index contributed by atoms with van der Waals surface area (Å²) in [4.78, 5) is 10.4. The van der Waals surface area contributed by atoms with Crippen molar-refractivity contribution in [1.29, 1.82) is 0 Å². The molecule has 0 fully saturated rings. The summed E-state index contributed by atoms with van der Waals surface area (Å²) in [6.45, 7) is 13.0. The molecule has 0 saturated carbocycles. The molecular formula is C50H42N2O2S.